The molecule has 2 amide bonds. The molecule has 0 atom stereocenters. The smallest absolute Gasteiger partial charge is 0.254 e. The van der Waals surface area contributed by atoms with E-state index in [0.29, 0.717) is 11.3 Å². The number of pyridine rings is 1. The molecule has 3 N–H and O–H groups in total. The maximum Gasteiger partial charge on any atom is 0.254 e. The second kappa shape index (κ2) is 6.36. The lowest BCUT2D eigenvalue weighted by atomic mass is 9.92. The maximum absolute atomic E-state index is 12.2. The molecule has 0 radical (unpaired) electrons. The number of rotatable bonds is 5. The van der Waals surface area contributed by atoms with E-state index in [2.05, 4.69) is 20.9 Å². The molecule has 0 aliphatic rings. The number of nitrogens with zero attached hydrogens (tertiary/aromatic N) is 1. The molecule has 6 heteroatoms. The first-order chi connectivity index (χ1) is 9.31. The molecule has 0 unspecified atom stereocenters. The predicted molar refractivity (Wildman–Crippen MR) is 78.7 cm³/mol. The van der Waals surface area contributed by atoms with Gasteiger partial charge in [-0.15, -0.1) is 0 Å². The fourth-order valence-electron chi connectivity index (χ4n) is 1.76. The molecule has 1 heterocycles. The average Bonchev–Trinajstić information content (AvgIpc) is 2.43. The summed E-state index contributed by atoms with van der Waals surface area (Å²) >= 11 is 0. The normalized spacial score (nSPS) is 10.8. The SMILES string of the molecule is CNC(=O)C(C)(C)CNC(=O)c1cnc(C)cc1NC. The Hall–Kier alpha value is -2.11. The van der Waals surface area contributed by atoms with Gasteiger partial charge in [-0.3, -0.25) is 14.6 Å². The molecule has 1 aromatic rings. The Morgan fingerprint density at radius 3 is 2.50 bits per heavy atom. The summed E-state index contributed by atoms with van der Waals surface area (Å²) in [5.41, 5.74) is 1.35. The zero-order valence-corrected chi connectivity index (χ0v) is 12.6. The number of aryl methyl sites for hydroxylation is 1. The topological polar surface area (TPSA) is 83.1 Å². The predicted octanol–water partition coefficient (Wildman–Crippen LogP) is 0.934. The van der Waals surface area contributed by atoms with Crippen molar-refractivity contribution in [2.45, 2.75) is 20.8 Å². The molecular formula is C14H22N4O2. The summed E-state index contributed by atoms with van der Waals surface area (Å²) in [5.74, 6) is -0.368. The van der Waals surface area contributed by atoms with Gasteiger partial charge in [-0.1, -0.05) is 0 Å². The van der Waals surface area contributed by atoms with Crippen LogP contribution in [0.25, 0.3) is 0 Å². The maximum atomic E-state index is 12.2. The Balaban J connectivity index is 2.80. The second-order valence-corrected chi connectivity index (χ2v) is 5.27. The fraction of sp³-hybridized carbons (Fsp3) is 0.500. The number of hydrogen-bond donors (Lipinski definition) is 3. The molecule has 1 aromatic heterocycles. The highest BCUT2D eigenvalue weighted by Crippen LogP contribution is 2.17. The van der Waals surface area contributed by atoms with E-state index in [1.165, 1.54) is 6.20 Å². The Kier molecular flexibility index (Phi) is 5.07. The average molecular weight is 278 g/mol. The monoisotopic (exact) mass is 278 g/mol. The van der Waals surface area contributed by atoms with Gasteiger partial charge in [0.1, 0.15) is 0 Å². The molecule has 0 spiro atoms. The third-order valence-electron chi connectivity index (χ3n) is 3.09. The zero-order valence-electron chi connectivity index (χ0n) is 12.6. The molecule has 0 saturated heterocycles. The van der Waals surface area contributed by atoms with Crippen molar-refractivity contribution in [2.75, 3.05) is 26.0 Å². The first kappa shape index (κ1) is 15.9. The van der Waals surface area contributed by atoms with Crippen LogP contribution < -0.4 is 16.0 Å². The number of carbonyl (C=O) groups excluding carboxylic acids is 2. The van der Waals surface area contributed by atoms with Crippen molar-refractivity contribution in [1.82, 2.24) is 15.6 Å². The summed E-state index contributed by atoms with van der Waals surface area (Å²) in [6, 6.07) is 1.80. The molecule has 0 fully saturated rings. The van der Waals surface area contributed by atoms with Crippen LogP contribution in [0.3, 0.4) is 0 Å². The highest BCUT2D eigenvalue weighted by molar-refractivity contribution is 5.99. The number of aromatic nitrogens is 1. The van der Waals surface area contributed by atoms with Crippen molar-refractivity contribution in [1.29, 1.82) is 0 Å². The Morgan fingerprint density at radius 2 is 1.95 bits per heavy atom. The summed E-state index contributed by atoms with van der Waals surface area (Å²) in [7, 11) is 3.33. The number of carbonyl (C=O) groups is 2. The van der Waals surface area contributed by atoms with Crippen LogP contribution in [0.4, 0.5) is 5.69 Å². The summed E-state index contributed by atoms with van der Waals surface area (Å²) in [4.78, 5) is 28.0. The molecular weight excluding hydrogens is 256 g/mol. The summed E-state index contributed by atoms with van der Waals surface area (Å²) in [6.07, 6.45) is 1.53. The largest absolute Gasteiger partial charge is 0.387 e. The molecule has 0 aromatic carbocycles. The summed E-state index contributed by atoms with van der Waals surface area (Å²) in [6.45, 7) is 5.66. The minimum absolute atomic E-state index is 0.117. The van der Waals surface area contributed by atoms with E-state index in [-0.39, 0.29) is 18.4 Å². The van der Waals surface area contributed by atoms with E-state index in [4.69, 9.17) is 0 Å². The van der Waals surface area contributed by atoms with Gasteiger partial charge in [0.15, 0.2) is 0 Å². The van der Waals surface area contributed by atoms with E-state index in [0.717, 1.165) is 5.69 Å². The van der Waals surface area contributed by atoms with Crippen LogP contribution >= 0.6 is 0 Å². The van der Waals surface area contributed by atoms with Gasteiger partial charge in [-0.2, -0.15) is 0 Å². The van der Waals surface area contributed by atoms with Gasteiger partial charge in [-0.25, -0.2) is 0 Å². The van der Waals surface area contributed by atoms with Crippen LogP contribution in [0.15, 0.2) is 12.3 Å². The number of amides is 2. The number of anilines is 1. The lowest BCUT2D eigenvalue weighted by molar-refractivity contribution is -0.128. The zero-order chi connectivity index (χ0) is 15.3. The fourth-order valence-corrected chi connectivity index (χ4v) is 1.76. The van der Waals surface area contributed by atoms with Crippen LogP contribution in [0, 0.1) is 12.3 Å². The Bertz CT molecular complexity index is 512. The van der Waals surface area contributed by atoms with Crippen LogP contribution in [0.2, 0.25) is 0 Å². The molecule has 6 nitrogen and oxygen atoms in total. The number of hydrogen-bond acceptors (Lipinski definition) is 4. The van der Waals surface area contributed by atoms with Crippen molar-refractivity contribution < 1.29 is 9.59 Å². The summed E-state index contributed by atoms with van der Waals surface area (Å²) < 4.78 is 0. The van der Waals surface area contributed by atoms with Crippen LogP contribution in [-0.2, 0) is 4.79 Å². The van der Waals surface area contributed by atoms with Gasteiger partial charge in [0.25, 0.3) is 5.91 Å². The van der Waals surface area contributed by atoms with E-state index in [1.807, 2.05) is 6.92 Å². The first-order valence-electron chi connectivity index (χ1n) is 6.46. The summed E-state index contributed by atoms with van der Waals surface area (Å²) in [5, 5.41) is 8.32. The van der Waals surface area contributed by atoms with E-state index in [9.17, 15) is 9.59 Å². The van der Waals surface area contributed by atoms with Crippen molar-refractivity contribution in [3.8, 4) is 0 Å². The Labute approximate surface area is 119 Å². The van der Waals surface area contributed by atoms with Gasteiger partial charge >= 0.3 is 0 Å². The minimum atomic E-state index is -0.664. The van der Waals surface area contributed by atoms with Crippen molar-refractivity contribution in [3.05, 3.63) is 23.5 Å². The molecule has 0 bridgehead atoms. The van der Waals surface area contributed by atoms with Crippen LogP contribution in [0.1, 0.15) is 29.9 Å². The van der Waals surface area contributed by atoms with Gasteiger partial charge in [0.05, 0.1) is 16.7 Å². The molecule has 0 saturated carbocycles. The highest BCUT2D eigenvalue weighted by atomic mass is 16.2. The third kappa shape index (κ3) is 3.69. The van der Waals surface area contributed by atoms with Crippen LogP contribution in [0.5, 0.6) is 0 Å². The van der Waals surface area contributed by atoms with Crippen molar-refractivity contribution in [2.24, 2.45) is 5.41 Å². The van der Waals surface area contributed by atoms with Gasteiger partial charge < -0.3 is 16.0 Å². The lowest BCUT2D eigenvalue weighted by Crippen LogP contribution is -2.43. The van der Waals surface area contributed by atoms with Gasteiger partial charge in [-0.05, 0) is 26.8 Å². The molecule has 20 heavy (non-hydrogen) atoms. The Morgan fingerprint density at radius 1 is 1.30 bits per heavy atom. The molecule has 0 aliphatic carbocycles. The third-order valence-corrected chi connectivity index (χ3v) is 3.09. The highest BCUT2D eigenvalue weighted by Gasteiger charge is 2.27. The van der Waals surface area contributed by atoms with Crippen molar-refractivity contribution >= 4 is 17.5 Å². The molecule has 0 aliphatic heterocycles. The standard InChI is InChI=1S/C14H22N4O2/c1-9-6-11(15-4)10(7-17-9)12(19)18-8-14(2,3)13(20)16-5/h6-7H,8H2,1-5H3,(H,15,17)(H,16,20)(H,18,19). The second-order valence-electron chi connectivity index (χ2n) is 5.27. The molecule has 110 valence electrons. The van der Waals surface area contributed by atoms with E-state index in [1.54, 1.807) is 34.0 Å². The van der Waals surface area contributed by atoms with E-state index >= 15 is 0 Å². The van der Waals surface area contributed by atoms with Gasteiger partial charge in [0.2, 0.25) is 5.91 Å². The molecule has 1 rings (SSSR count). The number of nitrogens with one attached hydrogen (secondary N) is 3. The minimum Gasteiger partial charge on any atom is -0.387 e. The van der Waals surface area contributed by atoms with Crippen LogP contribution in [-0.4, -0.2) is 37.4 Å². The van der Waals surface area contributed by atoms with E-state index < -0.39 is 5.41 Å². The van der Waals surface area contributed by atoms with Gasteiger partial charge in [0, 0.05) is 32.5 Å². The first-order valence-corrected chi connectivity index (χ1v) is 6.46. The lowest BCUT2D eigenvalue weighted by Gasteiger charge is -2.23. The quantitative estimate of drug-likeness (QED) is 0.748. The van der Waals surface area contributed by atoms with Crippen molar-refractivity contribution in [3.63, 3.8) is 0 Å².